The summed E-state index contributed by atoms with van der Waals surface area (Å²) in [4.78, 5) is 13.9. The van der Waals surface area contributed by atoms with E-state index >= 15 is 0 Å². The fourth-order valence-electron chi connectivity index (χ4n) is 3.15. The van der Waals surface area contributed by atoms with Crippen LogP contribution >= 0.6 is 23.4 Å². The van der Waals surface area contributed by atoms with Crippen molar-refractivity contribution in [3.63, 3.8) is 0 Å². The lowest BCUT2D eigenvalue weighted by Gasteiger charge is -2.31. The van der Waals surface area contributed by atoms with E-state index in [-0.39, 0.29) is 11.4 Å². The SMILES string of the molecule is CCN(C(C)=O)C(CNC1NN=C(c2ccccc2)S1)C(=N)c1ccc(Cl)cc1. The Balaban J connectivity index is 1.68. The van der Waals surface area contributed by atoms with Crippen LogP contribution in [0, 0.1) is 5.41 Å². The number of benzene rings is 2. The number of carbonyl (C=O) groups excluding carboxylic acids is 1. The molecule has 1 heterocycles. The Kier molecular flexibility index (Phi) is 7.30. The summed E-state index contributed by atoms with van der Waals surface area (Å²) in [5.74, 6) is -0.0636. The monoisotopic (exact) mass is 429 g/mol. The highest BCUT2D eigenvalue weighted by molar-refractivity contribution is 8.15. The van der Waals surface area contributed by atoms with Crippen LogP contribution in [0.3, 0.4) is 0 Å². The number of hydrogen-bond donors (Lipinski definition) is 3. The minimum atomic E-state index is -0.401. The summed E-state index contributed by atoms with van der Waals surface area (Å²) in [5, 5.41) is 18.0. The van der Waals surface area contributed by atoms with Gasteiger partial charge in [-0.3, -0.25) is 15.5 Å². The first-order valence-electron chi connectivity index (χ1n) is 9.40. The molecule has 0 radical (unpaired) electrons. The van der Waals surface area contributed by atoms with Crippen LogP contribution in [0.25, 0.3) is 0 Å². The van der Waals surface area contributed by atoms with Crippen molar-refractivity contribution in [2.24, 2.45) is 5.10 Å². The number of likely N-dealkylation sites (N-methyl/N-ethyl adjacent to an activating group) is 1. The van der Waals surface area contributed by atoms with Crippen molar-refractivity contribution < 1.29 is 4.79 Å². The molecule has 2 unspecified atom stereocenters. The number of nitrogens with zero attached hydrogens (tertiary/aromatic N) is 2. The summed E-state index contributed by atoms with van der Waals surface area (Å²) in [6, 6.07) is 16.7. The highest BCUT2D eigenvalue weighted by atomic mass is 35.5. The maximum Gasteiger partial charge on any atom is 0.220 e. The van der Waals surface area contributed by atoms with E-state index in [0.29, 0.717) is 23.8 Å². The molecule has 3 N–H and O–H groups in total. The van der Waals surface area contributed by atoms with Gasteiger partial charge in [-0.05, 0) is 24.6 Å². The van der Waals surface area contributed by atoms with Crippen LogP contribution in [-0.2, 0) is 4.79 Å². The molecule has 8 heteroatoms. The zero-order valence-corrected chi connectivity index (χ0v) is 17.9. The molecule has 29 heavy (non-hydrogen) atoms. The van der Waals surface area contributed by atoms with Crippen molar-refractivity contribution in [1.82, 2.24) is 15.6 Å². The second-order valence-corrected chi connectivity index (χ2v) is 8.09. The summed E-state index contributed by atoms with van der Waals surface area (Å²) in [5.41, 5.74) is 5.13. The topological polar surface area (TPSA) is 80.6 Å². The fraction of sp³-hybridized carbons (Fsp3) is 0.286. The lowest BCUT2D eigenvalue weighted by Crippen LogP contribution is -2.52. The highest BCUT2D eigenvalue weighted by Gasteiger charge is 2.27. The van der Waals surface area contributed by atoms with E-state index in [1.807, 2.05) is 49.4 Å². The van der Waals surface area contributed by atoms with Gasteiger partial charge in [0.25, 0.3) is 0 Å². The van der Waals surface area contributed by atoms with Crippen LogP contribution in [-0.4, -0.2) is 46.2 Å². The number of hydrazone groups is 1. The number of nitrogens with one attached hydrogen (secondary N) is 3. The van der Waals surface area contributed by atoms with Crippen molar-refractivity contribution in [2.75, 3.05) is 13.1 Å². The molecule has 0 spiro atoms. The third-order valence-corrected chi connectivity index (χ3v) is 5.95. The van der Waals surface area contributed by atoms with Crippen molar-refractivity contribution in [3.8, 4) is 0 Å². The first-order chi connectivity index (χ1) is 14.0. The van der Waals surface area contributed by atoms with Crippen molar-refractivity contribution in [2.45, 2.75) is 25.4 Å². The molecule has 2 aromatic carbocycles. The van der Waals surface area contributed by atoms with Gasteiger partial charge in [0.15, 0.2) is 0 Å². The Bertz CT molecular complexity index is 888. The number of amides is 1. The lowest BCUT2D eigenvalue weighted by atomic mass is 10.0. The van der Waals surface area contributed by atoms with Crippen LogP contribution in [0.2, 0.25) is 5.02 Å². The molecule has 0 saturated heterocycles. The van der Waals surface area contributed by atoms with E-state index in [4.69, 9.17) is 17.0 Å². The lowest BCUT2D eigenvalue weighted by molar-refractivity contribution is -0.129. The molecule has 1 aliphatic rings. The van der Waals surface area contributed by atoms with Crippen molar-refractivity contribution >= 4 is 40.0 Å². The third kappa shape index (κ3) is 5.38. The Morgan fingerprint density at radius 3 is 2.59 bits per heavy atom. The van der Waals surface area contributed by atoms with Gasteiger partial charge in [-0.25, -0.2) is 0 Å². The molecule has 1 aliphatic heterocycles. The summed E-state index contributed by atoms with van der Waals surface area (Å²) < 4.78 is 0. The van der Waals surface area contributed by atoms with Crippen molar-refractivity contribution in [3.05, 3.63) is 70.7 Å². The van der Waals surface area contributed by atoms with Crippen LogP contribution in [0.4, 0.5) is 0 Å². The predicted octanol–water partition coefficient (Wildman–Crippen LogP) is 3.52. The maximum absolute atomic E-state index is 12.2. The molecule has 1 amide bonds. The number of hydrogen-bond acceptors (Lipinski definition) is 6. The normalized spacial score (nSPS) is 16.7. The fourth-order valence-corrected chi connectivity index (χ4v) is 4.17. The van der Waals surface area contributed by atoms with Gasteiger partial charge >= 0.3 is 0 Å². The molecule has 0 aromatic heterocycles. The summed E-state index contributed by atoms with van der Waals surface area (Å²) in [7, 11) is 0. The van der Waals surface area contributed by atoms with Gasteiger partial charge < -0.3 is 10.3 Å². The molecule has 0 bridgehead atoms. The van der Waals surface area contributed by atoms with Crippen LogP contribution in [0.1, 0.15) is 25.0 Å². The van der Waals surface area contributed by atoms with Gasteiger partial charge in [-0.1, -0.05) is 65.8 Å². The van der Waals surface area contributed by atoms with E-state index in [0.717, 1.165) is 16.2 Å². The van der Waals surface area contributed by atoms with Crippen LogP contribution in [0.15, 0.2) is 59.7 Å². The summed E-state index contributed by atoms with van der Waals surface area (Å²) >= 11 is 7.56. The zero-order chi connectivity index (χ0) is 20.8. The largest absolute Gasteiger partial charge is 0.333 e. The Hall–Kier alpha value is -2.35. The van der Waals surface area contributed by atoms with Crippen LogP contribution in [0.5, 0.6) is 0 Å². The summed E-state index contributed by atoms with van der Waals surface area (Å²) in [6.07, 6.45) is 0. The molecular formula is C21H24ClN5OS. The average Bonchev–Trinajstić information content (AvgIpc) is 3.20. The molecule has 0 aliphatic carbocycles. The number of thioether (sulfide) groups is 1. The summed E-state index contributed by atoms with van der Waals surface area (Å²) in [6.45, 7) is 4.40. The maximum atomic E-state index is 12.2. The van der Waals surface area contributed by atoms with E-state index in [2.05, 4.69) is 15.8 Å². The molecule has 6 nitrogen and oxygen atoms in total. The predicted molar refractivity (Wildman–Crippen MR) is 121 cm³/mol. The van der Waals surface area contributed by atoms with Crippen LogP contribution < -0.4 is 10.7 Å². The third-order valence-electron chi connectivity index (χ3n) is 4.64. The molecule has 2 atom stereocenters. The standard InChI is InChI=1S/C21H24ClN5OS/c1-3-27(14(2)28)18(19(23)15-9-11-17(22)12-10-15)13-24-21-26-25-20(29-21)16-7-5-4-6-8-16/h4-12,18,21,23-24,26H,3,13H2,1-2H3. The second-order valence-electron chi connectivity index (χ2n) is 6.56. The van der Waals surface area contributed by atoms with Gasteiger partial charge in [-0.15, -0.1) is 0 Å². The van der Waals surface area contributed by atoms with Gasteiger partial charge in [0.1, 0.15) is 10.5 Å². The quantitative estimate of drug-likeness (QED) is 0.561. The molecule has 3 rings (SSSR count). The van der Waals surface area contributed by atoms with E-state index in [1.165, 1.54) is 6.92 Å². The highest BCUT2D eigenvalue weighted by Crippen LogP contribution is 2.21. The minimum absolute atomic E-state index is 0.0636. The van der Waals surface area contributed by atoms with Gasteiger partial charge in [0.05, 0.1) is 11.8 Å². The first kappa shape index (κ1) is 21.4. The van der Waals surface area contributed by atoms with Gasteiger partial charge in [0.2, 0.25) is 5.91 Å². The van der Waals surface area contributed by atoms with E-state index < -0.39 is 6.04 Å². The minimum Gasteiger partial charge on any atom is -0.333 e. The van der Waals surface area contributed by atoms with Crippen molar-refractivity contribution in [1.29, 1.82) is 5.41 Å². The Labute approximate surface area is 180 Å². The van der Waals surface area contributed by atoms with Gasteiger partial charge in [0, 0.05) is 30.6 Å². The number of carbonyl (C=O) groups is 1. The van der Waals surface area contributed by atoms with E-state index in [1.54, 1.807) is 28.8 Å². The molecular weight excluding hydrogens is 406 g/mol. The molecule has 2 aromatic rings. The molecule has 152 valence electrons. The zero-order valence-electron chi connectivity index (χ0n) is 16.4. The second kappa shape index (κ2) is 9.91. The van der Waals surface area contributed by atoms with E-state index in [9.17, 15) is 4.79 Å². The molecule has 0 fully saturated rings. The van der Waals surface area contributed by atoms with Gasteiger partial charge in [-0.2, -0.15) is 5.10 Å². The smallest absolute Gasteiger partial charge is 0.220 e. The molecule has 0 saturated carbocycles. The number of halogens is 1. The average molecular weight is 430 g/mol. The Morgan fingerprint density at radius 1 is 1.28 bits per heavy atom. The first-order valence-corrected chi connectivity index (χ1v) is 10.7. The Morgan fingerprint density at radius 2 is 1.97 bits per heavy atom. The number of rotatable bonds is 8.